The molecule has 2 aromatic rings. The van der Waals surface area contributed by atoms with Gasteiger partial charge in [0.2, 0.25) is 6.79 Å². The van der Waals surface area contributed by atoms with Crippen LogP contribution < -0.4 is 9.47 Å². The quantitative estimate of drug-likeness (QED) is 0.522. The highest BCUT2D eigenvalue weighted by Crippen LogP contribution is 2.33. The summed E-state index contributed by atoms with van der Waals surface area (Å²) in [5.41, 5.74) is 4.20. The van der Waals surface area contributed by atoms with Crippen molar-refractivity contribution in [2.75, 3.05) is 13.3 Å². The molecule has 1 amide bonds. The summed E-state index contributed by atoms with van der Waals surface area (Å²) in [6, 6.07) is 9.77. The molecule has 1 aliphatic heterocycles. The van der Waals surface area contributed by atoms with Crippen molar-refractivity contribution in [3.8, 4) is 17.6 Å². The summed E-state index contributed by atoms with van der Waals surface area (Å²) in [5, 5.41) is 9.66. The molecule has 0 bridgehead atoms. The number of hydrogen-bond donors (Lipinski definition) is 0. The predicted molar refractivity (Wildman–Crippen MR) is 111 cm³/mol. The highest BCUT2D eigenvalue weighted by atomic mass is 16.7. The molecule has 3 rings (SSSR count). The average Bonchev–Trinajstić information content (AvgIpc) is 3.29. The van der Waals surface area contributed by atoms with Crippen molar-refractivity contribution in [2.45, 2.75) is 47.2 Å². The highest BCUT2D eigenvalue weighted by molar-refractivity contribution is 6.01. The van der Waals surface area contributed by atoms with Crippen molar-refractivity contribution in [1.82, 2.24) is 9.47 Å². The van der Waals surface area contributed by atoms with Gasteiger partial charge in [0.25, 0.3) is 5.91 Å². The van der Waals surface area contributed by atoms with Gasteiger partial charge in [-0.15, -0.1) is 0 Å². The van der Waals surface area contributed by atoms with Gasteiger partial charge in [0, 0.05) is 31.0 Å². The molecule has 0 N–H and O–H groups in total. The molecular weight excluding hydrogens is 366 g/mol. The maximum Gasteiger partial charge on any atom is 0.264 e. The lowest BCUT2D eigenvalue weighted by Gasteiger charge is -2.20. The smallest absolute Gasteiger partial charge is 0.264 e. The van der Waals surface area contributed by atoms with E-state index in [1.165, 1.54) is 0 Å². The molecule has 0 saturated carbocycles. The van der Waals surface area contributed by atoms with Gasteiger partial charge >= 0.3 is 0 Å². The third kappa shape index (κ3) is 4.29. The van der Waals surface area contributed by atoms with E-state index in [0.29, 0.717) is 24.6 Å². The van der Waals surface area contributed by atoms with E-state index in [2.05, 4.69) is 17.6 Å². The van der Waals surface area contributed by atoms with Gasteiger partial charge in [-0.2, -0.15) is 5.26 Å². The monoisotopic (exact) mass is 393 g/mol. The fourth-order valence-electron chi connectivity index (χ4n) is 3.60. The first-order valence-electron chi connectivity index (χ1n) is 9.94. The van der Waals surface area contributed by atoms with E-state index >= 15 is 0 Å². The van der Waals surface area contributed by atoms with Crippen molar-refractivity contribution < 1.29 is 14.3 Å². The molecule has 6 heteroatoms. The Labute approximate surface area is 171 Å². The van der Waals surface area contributed by atoms with Gasteiger partial charge in [0.1, 0.15) is 11.6 Å². The lowest BCUT2D eigenvalue weighted by Crippen LogP contribution is -2.31. The molecule has 0 aliphatic carbocycles. The summed E-state index contributed by atoms with van der Waals surface area (Å²) in [7, 11) is 0. The lowest BCUT2D eigenvalue weighted by atomic mass is 10.1. The van der Waals surface area contributed by atoms with Gasteiger partial charge in [-0.25, -0.2) is 0 Å². The molecule has 0 saturated heterocycles. The van der Waals surface area contributed by atoms with Crippen LogP contribution in [-0.4, -0.2) is 28.7 Å². The van der Waals surface area contributed by atoms with Gasteiger partial charge in [-0.3, -0.25) is 4.79 Å². The molecule has 2 heterocycles. The second kappa shape index (κ2) is 8.87. The number of nitriles is 1. The molecule has 6 nitrogen and oxygen atoms in total. The minimum absolute atomic E-state index is 0.143. The SMILES string of the molecule is CCCn1c(C)cc(/C=C(\C#N)C(=O)N(CC)Cc2ccc3c(c2)OCO3)c1C. The zero-order chi connectivity index (χ0) is 21.0. The van der Waals surface area contributed by atoms with E-state index in [9.17, 15) is 10.1 Å². The summed E-state index contributed by atoms with van der Waals surface area (Å²) < 4.78 is 13.0. The predicted octanol–water partition coefficient (Wildman–Crippen LogP) is 4.20. The Morgan fingerprint density at radius 3 is 2.69 bits per heavy atom. The molecule has 0 unspecified atom stereocenters. The molecule has 0 spiro atoms. The Bertz CT molecular complexity index is 982. The summed E-state index contributed by atoms with van der Waals surface area (Å²) in [4.78, 5) is 14.7. The largest absolute Gasteiger partial charge is 0.454 e. The molecule has 1 aromatic carbocycles. The molecule has 0 fully saturated rings. The molecule has 1 aliphatic rings. The Balaban J connectivity index is 1.83. The normalized spacial score (nSPS) is 12.7. The van der Waals surface area contributed by atoms with Crippen LogP contribution in [0.2, 0.25) is 0 Å². The first-order valence-corrected chi connectivity index (χ1v) is 9.94. The van der Waals surface area contributed by atoms with Crippen LogP contribution in [0.15, 0.2) is 29.8 Å². The van der Waals surface area contributed by atoms with Gasteiger partial charge in [0.05, 0.1) is 0 Å². The number of carbonyl (C=O) groups is 1. The van der Waals surface area contributed by atoms with E-state index in [1.807, 2.05) is 45.0 Å². The lowest BCUT2D eigenvalue weighted by molar-refractivity contribution is -0.127. The van der Waals surface area contributed by atoms with Gasteiger partial charge in [0.15, 0.2) is 11.5 Å². The van der Waals surface area contributed by atoms with Crippen molar-refractivity contribution >= 4 is 12.0 Å². The van der Waals surface area contributed by atoms with Crippen LogP contribution in [0.3, 0.4) is 0 Å². The second-order valence-electron chi connectivity index (χ2n) is 7.15. The number of hydrogen-bond acceptors (Lipinski definition) is 4. The average molecular weight is 393 g/mol. The number of amides is 1. The Morgan fingerprint density at radius 2 is 2.00 bits per heavy atom. The zero-order valence-corrected chi connectivity index (χ0v) is 17.5. The minimum atomic E-state index is -0.270. The number of benzene rings is 1. The molecule has 0 atom stereocenters. The van der Waals surface area contributed by atoms with Crippen LogP contribution in [0, 0.1) is 25.2 Å². The van der Waals surface area contributed by atoms with E-state index in [4.69, 9.17) is 9.47 Å². The minimum Gasteiger partial charge on any atom is -0.454 e. The maximum absolute atomic E-state index is 13.0. The highest BCUT2D eigenvalue weighted by Gasteiger charge is 2.20. The van der Waals surface area contributed by atoms with Crippen LogP contribution in [0.5, 0.6) is 11.5 Å². The number of aromatic nitrogens is 1. The van der Waals surface area contributed by atoms with E-state index in [0.717, 1.165) is 35.5 Å². The van der Waals surface area contributed by atoms with Crippen LogP contribution in [0.25, 0.3) is 6.08 Å². The number of carbonyl (C=O) groups excluding carboxylic acids is 1. The summed E-state index contributed by atoms with van der Waals surface area (Å²) in [5.74, 6) is 1.13. The first-order chi connectivity index (χ1) is 14.0. The van der Waals surface area contributed by atoms with Gasteiger partial charge in [-0.05, 0) is 62.6 Å². The molecule has 0 radical (unpaired) electrons. The first kappa shape index (κ1) is 20.5. The van der Waals surface area contributed by atoms with Crippen LogP contribution in [0.1, 0.15) is 42.8 Å². The standard InChI is InChI=1S/C23H27N3O3/c1-5-9-26-16(3)10-19(17(26)4)12-20(13-24)23(27)25(6-2)14-18-7-8-21-22(11-18)29-15-28-21/h7-8,10-12H,5-6,9,14-15H2,1-4H3/b20-12+. The third-order valence-corrected chi connectivity index (χ3v) is 5.19. The number of fused-ring (bicyclic) bond motifs is 1. The fraction of sp³-hybridized carbons (Fsp3) is 0.391. The number of nitrogens with zero attached hydrogens (tertiary/aromatic N) is 3. The van der Waals surface area contributed by atoms with Crippen LogP contribution in [-0.2, 0) is 17.9 Å². The zero-order valence-electron chi connectivity index (χ0n) is 17.5. The maximum atomic E-state index is 13.0. The number of ether oxygens (including phenoxy) is 2. The van der Waals surface area contributed by atoms with Gasteiger partial charge < -0.3 is 18.9 Å². The van der Waals surface area contributed by atoms with Gasteiger partial charge in [-0.1, -0.05) is 13.0 Å². The van der Waals surface area contributed by atoms with Crippen LogP contribution >= 0.6 is 0 Å². The van der Waals surface area contributed by atoms with Crippen molar-refractivity contribution in [1.29, 1.82) is 5.26 Å². The Hall–Kier alpha value is -3.20. The second-order valence-corrected chi connectivity index (χ2v) is 7.15. The summed E-state index contributed by atoms with van der Waals surface area (Å²) in [6.07, 6.45) is 2.74. The fourth-order valence-corrected chi connectivity index (χ4v) is 3.60. The van der Waals surface area contributed by atoms with Crippen molar-refractivity contribution in [3.63, 3.8) is 0 Å². The molecule has 152 valence electrons. The summed E-state index contributed by atoms with van der Waals surface area (Å²) in [6.45, 7) is 10.2. The van der Waals surface area contributed by atoms with E-state index in [-0.39, 0.29) is 18.3 Å². The summed E-state index contributed by atoms with van der Waals surface area (Å²) >= 11 is 0. The number of aryl methyl sites for hydroxylation is 1. The van der Waals surface area contributed by atoms with Crippen molar-refractivity contribution in [2.24, 2.45) is 0 Å². The number of likely N-dealkylation sites (N-methyl/N-ethyl adjacent to an activating group) is 1. The Kier molecular flexibility index (Phi) is 6.28. The number of rotatable bonds is 7. The molecule has 1 aromatic heterocycles. The van der Waals surface area contributed by atoms with Crippen LogP contribution in [0.4, 0.5) is 0 Å². The van der Waals surface area contributed by atoms with Crippen molar-refractivity contribution in [3.05, 3.63) is 52.4 Å². The third-order valence-electron chi connectivity index (χ3n) is 5.19. The molecular formula is C23H27N3O3. The van der Waals surface area contributed by atoms with E-state index in [1.54, 1.807) is 11.0 Å². The topological polar surface area (TPSA) is 67.5 Å². The van der Waals surface area contributed by atoms with E-state index < -0.39 is 0 Å². The molecule has 29 heavy (non-hydrogen) atoms. The Morgan fingerprint density at radius 1 is 1.24 bits per heavy atom.